The van der Waals surface area contributed by atoms with Gasteiger partial charge >= 0.3 is 5.97 Å². The number of ether oxygens (including phenoxy) is 1. The number of ketones is 1. The second-order valence-corrected chi connectivity index (χ2v) is 4.58. The molecule has 0 bridgehead atoms. The number of hydrogen-bond donors (Lipinski definition) is 1. The van der Waals surface area contributed by atoms with Crippen LogP contribution in [0.4, 0.5) is 0 Å². The lowest BCUT2D eigenvalue weighted by Crippen LogP contribution is -2.25. The molecule has 2 rings (SSSR count). The molecule has 4 heteroatoms. The summed E-state index contributed by atoms with van der Waals surface area (Å²) in [7, 11) is 1.54. The molecule has 0 radical (unpaired) electrons. The number of benzene rings is 1. The van der Waals surface area contributed by atoms with Crippen molar-refractivity contribution in [3.05, 3.63) is 29.8 Å². The van der Waals surface area contributed by atoms with Crippen molar-refractivity contribution in [2.45, 2.75) is 19.3 Å². The fourth-order valence-corrected chi connectivity index (χ4v) is 2.56. The van der Waals surface area contributed by atoms with E-state index in [4.69, 9.17) is 9.84 Å². The Balaban J connectivity index is 2.22. The number of carbonyl (C=O) groups excluding carboxylic acids is 1. The Bertz CT molecular complexity index is 467. The molecule has 0 spiro atoms. The summed E-state index contributed by atoms with van der Waals surface area (Å²) in [6, 6.07) is 6.89. The number of methoxy groups -OCH3 is 1. The molecule has 0 unspecified atom stereocenters. The number of carboxylic acids is 1. The first-order chi connectivity index (χ1) is 8.63. The highest BCUT2D eigenvalue weighted by Crippen LogP contribution is 2.34. The zero-order valence-corrected chi connectivity index (χ0v) is 10.3. The summed E-state index contributed by atoms with van der Waals surface area (Å²) in [4.78, 5) is 23.4. The zero-order valence-electron chi connectivity index (χ0n) is 10.3. The van der Waals surface area contributed by atoms with Gasteiger partial charge in [-0.3, -0.25) is 9.59 Å². The maximum Gasteiger partial charge on any atom is 0.307 e. The molecule has 0 saturated heterocycles. The Morgan fingerprint density at radius 1 is 1.28 bits per heavy atom. The van der Waals surface area contributed by atoms with Gasteiger partial charge in [-0.1, -0.05) is 18.6 Å². The zero-order chi connectivity index (χ0) is 13.1. The molecule has 1 aromatic rings. The lowest BCUT2D eigenvalue weighted by atomic mass is 9.88. The minimum absolute atomic E-state index is 0.0844. The number of carbonyl (C=O) groups is 2. The number of aliphatic carboxylic acids is 1. The molecule has 1 N–H and O–H groups in total. The molecule has 0 heterocycles. The van der Waals surface area contributed by atoms with Gasteiger partial charge in [-0.2, -0.15) is 0 Å². The predicted molar refractivity (Wildman–Crippen MR) is 65.8 cm³/mol. The first kappa shape index (κ1) is 12.6. The maximum atomic E-state index is 12.3. The van der Waals surface area contributed by atoms with Crippen LogP contribution in [-0.4, -0.2) is 24.0 Å². The standard InChI is InChI=1S/C14H16O4/c1-18-10-5-2-4-9(8-10)13(15)11-6-3-7-12(11)14(16)17/h2,4-5,8,11-12H,3,6-7H2,1H3,(H,16,17)/t11-,12+/m1/s1. The third kappa shape index (κ3) is 2.37. The van der Waals surface area contributed by atoms with Gasteiger partial charge in [0.1, 0.15) is 5.75 Å². The minimum Gasteiger partial charge on any atom is -0.497 e. The SMILES string of the molecule is COc1cccc(C(=O)[C@@H]2CCC[C@@H]2C(=O)O)c1. The van der Waals surface area contributed by atoms with Gasteiger partial charge in [0.25, 0.3) is 0 Å². The third-order valence-corrected chi connectivity index (χ3v) is 3.52. The van der Waals surface area contributed by atoms with Crippen LogP contribution in [0.2, 0.25) is 0 Å². The van der Waals surface area contributed by atoms with Gasteiger partial charge < -0.3 is 9.84 Å². The predicted octanol–water partition coefficient (Wildman–Crippen LogP) is 2.38. The molecule has 1 saturated carbocycles. The second kappa shape index (κ2) is 5.21. The van der Waals surface area contributed by atoms with E-state index >= 15 is 0 Å². The molecule has 1 aliphatic carbocycles. The van der Waals surface area contributed by atoms with Crippen LogP contribution in [-0.2, 0) is 4.79 Å². The molecule has 1 aliphatic rings. The van der Waals surface area contributed by atoms with Gasteiger partial charge in [-0.15, -0.1) is 0 Å². The van der Waals surface area contributed by atoms with E-state index in [1.807, 2.05) is 0 Å². The summed E-state index contributed by atoms with van der Waals surface area (Å²) in [6.07, 6.45) is 2.06. The number of hydrogen-bond acceptors (Lipinski definition) is 3. The van der Waals surface area contributed by atoms with Gasteiger partial charge in [-0.25, -0.2) is 0 Å². The van der Waals surface area contributed by atoms with E-state index in [-0.39, 0.29) is 5.78 Å². The van der Waals surface area contributed by atoms with Crippen molar-refractivity contribution in [2.75, 3.05) is 7.11 Å². The molecule has 96 valence electrons. The van der Waals surface area contributed by atoms with Crippen molar-refractivity contribution in [1.29, 1.82) is 0 Å². The quantitative estimate of drug-likeness (QED) is 0.831. The van der Waals surface area contributed by atoms with Crippen LogP contribution in [0.5, 0.6) is 5.75 Å². The van der Waals surface area contributed by atoms with E-state index in [0.717, 1.165) is 6.42 Å². The number of Topliss-reactive ketones (excluding diaryl/α,β-unsaturated/α-hetero) is 1. The fraction of sp³-hybridized carbons (Fsp3) is 0.429. The van der Waals surface area contributed by atoms with Crippen LogP contribution >= 0.6 is 0 Å². The number of rotatable bonds is 4. The van der Waals surface area contributed by atoms with E-state index in [1.165, 1.54) is 0 Å². The van der Waals surface area contributed by atoms with Crippen molar-refractivity contribution in [3.8, 4) is 5.75 Å². The maximum absolute atomic E-state index is 12.3. The van der Waals surface area contributed by atoms with Gasteiger partial charge in [0.15, 0.2) is 5.78 Å². The Morgan fingerprint density at radius 3 is 2.67 bits per heavy atom. The Labute approximate surface area is 106 Å². The highest BCUT2D eigenvalue weighted by Gasteiger charge is 2.37. The van der Waals surface area contributed by atoms with Crippen LogP contribution in [0.1, 0.15) is 29.6 Å². The van der Waals surface area contributed by atoms with Gasteiger partial charge in [-0.05, 0) is 25.0 Å². The lowest BCUT2D eigenvalue weighted by Gasteiger charge is -2.14. The van der Waals surface area contributed by atoms with E-state index in [1.54, 1.807) is 31.4 Å². The van der Waals surface area contributed by atoms with Crippen LogP contribution in [0, 0.1) is 11.8 Å². The monoisotopic (exact) mass is 248 g/mol. The minimum atomic E-state index is -0.867. The highest BCUT2D eigenvalue weighted by molar-refractivity contribution is 6.00. The Kier molecular flexibility index (Phi) is 3.65. The summed E-state index contributed by atoms with van der Waals surface area (Å²) in [6.45, 7) is 0. The third-order valence-electron chi connectivity index (χ3n) is 3.52. The van der Waals surface area contributed by atoms with Crippen LogP contribution in [0.25, 0.3) is 0 Å². The molecule has 1 fully saturated rings. The molecule has 1 aromatic carbocycles. The molecule has 4 nitrogen and oxygen atoms in total. The second-order valence-electron chi connectivity index (χ2n) is 4.58. The van der Waals surface area contributed by atoms with Crippen molar-refractivity contribution in [3.63, 3.8) is 0 Å². The summed E-state index contributed by atoms with van der Waals surface area (Å²) in [5.41, 5.74) is 0.535. The Morgan fingerprint density at radius 2 is 2.00 bits per heavy atom. The summed E-state index contributed by atoms with van der Waals surface area (Å²) >= 11 is 0. The van der Waals surface area contributed by atoms with Gasteiger partial charge in [0.2, 0.25) is 0 Å². The number of carboxylic acid groups (broad SMARTS) is 1. The average Bonchev–Trinajstić information content (AvgIpc) is 2.87. The van der Waals surface area contributed by atoms with E-state index < -0.39 is 17.8 Å². The first-order valence-electron chi connectivity index (χ1n) is 6.04. The van der Waals surface area contributed by atoms with Crippen LogP contribution in [0.3, 0.4) is 0 Å². The smallest absolute Gasteiger partial charge is 0.307 e. The molecular formula is C14H16O4. The highest BCUT2D eigenvalue weighted by atomic mass is 16.5. The molecular weight excluding hydrogens is 232 g/mol. The normalized spacial score (nSPS) is 22.7. The molecule has 0 aromatic heterocycles. The largest absolute Gasteiger partial charge is 0.497 e. The molecule has 0 aliphatic heterocycles. The van der Waals surface area contributed by atoms with E-state index in [2.05, 4.69) is 0 Å². The summed E-state index contributed by atoms with van der Waals surface area (Å²) < 4.78 is 5.07. The lowest BCUT2D eigenvalue weighted by molar-refractivity contribution is -0.142. The first-order valence-corrected chi connectivity index (χ1v) is 6.04. The van der Waals surface area contributed by atoms with Crippen LogP contribution in [0.15, 0.2) is 24.3 Å². The summed E-state index contributed by atoms with van der Waals surface area (Å²) in [5.74, 6) is -1.27. The average molecular weight is 248 g/mol. The van der Waals surface area contributed by atoms with Crippen LogP contribution < -0.4 is 4.74 Å². The molecule has 2 atom stereocenters. The summed E-state index contributed by atoms with van der Waals surface area (Å²) in [5, 5.41) is 9.10. The van der Waals surface area contributed by atoms with Crippen molar-refractivity contribution in [2.24, 2.45) is 11.8 Å². The topological polar surface area (TPSA) is 63.6 Å². The Hall–Kier alpha value is -1.84. The van der Waals surface area contributed by atoms with Crippen molar-refractivity contribution in [1.82, 2.24) is 0 Å². The van der Waals surface area contributed by atoms with Crippen molar-refractivity contribution >= 4 is 11.8 Å². The van der Waals surface area contributed by atoms with Gasteiger partial charge in [0, 0.05) is 11.5 Å². The molecule has 18 heavy (non-hydrogen) atoms. The van der Waals surface area contributed by atoms with E-state index in [9.17, 15) is 9.59 Å². The fourth-order valence-electron chi connectivity index (χ4n) is 2.56. The van der Waals surface area contributed by atoms with Gasteiger partial charge in [0.05, 0.1) is 13.0 Å². The van der Waals surface area contributed by atoms with Crippen molar-refractivity contribution < 1.29 is 19.4 Å². The van der Waals surface area contributed by atoms with E-state index in [0.29, 0.717) is 24.2 Å². The molecule has 0 amide bonds.